The van der Waals surface area contributed by atoms with Crippen LogP contribution in [-0.2, 0) is 10.0 Å². The minimum atomic E-state index is -3.46. The van der Waals surface area contributed by atoms with Gasteiger partial charge in [-0.3, -0.25) is 4.72 Å². The summed E-state index contributed by atoms with van der Waals surface area (Å²) >= 11 is 0. The van der Waals surface area contributed by atoms with Crippen molar-refractivity contribution in [3.8, 4) is 0 Å². The van der Waals surface area contributed by atoms with Gasteiger partial charge in [-0.05, 0) is 12.5 Å². The predicted octanol–water partition coefficient (Wildman–Crippen LogP) is 5.02. The number of unbranched alkanes of at least 4 members (excludes halogenated alkanes) is 5. The van der Waals surface area contributed by atoms with Crippen LogP contribution in [0.1, 0.15) is 56.6 Å². The maximum absolute atomic E-state index is 12.5. The number of sulfonamides is 1. The Morgan fingerprint density at radius 3 is 2.26 bits per heavy atom. The number of oxime groups is 1. The number of hydrogen-bond acceptors (Lipinski definition) is 4. The first kappa shape index (κ1) is 21.0. The van der Waals surface area contributed by atoms with Crippen LogP contribution in [0.2, 0.25) is 0 Å². The Labute approximate surface area is 162 Å². The molecule has 27 heavy (non-hydrogen) atoms. The van der Waals surface area contributed by atoms with Crippen LogP contribution in [0.15, 0.2) is 59.8 Å². The van der Waals surface area contributed by atoms with E-state index in [9.17, 15) is 13.6 Å². The molecule has 6 heteroatoms. The topological polar surface area (TPSA) is 78.8 Å². The summed E-state index contributed by atoms with van der Waals surface area (Å²) in [7, 11) is -3.46. The van der Waals surface area contributed by atoms with Gasteiger partial charge in [0.1, 0.15) is 5.71 Å². The summed E-state index contributed by atoms with van der Waals surface area (Å²) in [6.45, 7) is 2.16. The van der Waals surface area contributed by atoms with Gasteiger partial charge in [0.25, 0.3) is 0 Å². The average Bonchev–Trinajstić information content (AvgIpc) is 2.67. The highest BCUT2D eigenvalue weighted by atomic mass is 32.2. The fourth-order valence-electron chi connectivity index (χ4n) is 2.93. The van der Waals surface area contributed by atoms with E-state index in [1.54, 1.807) is 24.3 Å². The van der Waals surface area contributed by atoms with Gasteiger partial charge in [0.2, 0.25) is 10.0 Å². The molecule has 0 spiro atoms. The van der Waals surface area contributed by atoms with Gasteiger partial charge in [-0.2, -0.15) is 0 Å². The standard InChI is InChI=1S/C21H28N2O3S/c1-2-3-4-5-6-12-17-27(25,26)23-20-16-11-10-15-19(20)21(22-24)18-13-8-7-9-14-18/h7-11,13-16,23-24H,2-6,12,17H2,1H3/b22-21-. The molecular formula is C21H28N2O3S. The Kier molecular flexibility index (Phi) is 8.33. The maximum Gasteiger partial charge on any atom is 0.232 e. The van der Waals surface area contributed by atoms with Gasteiger partial charge in [-0.15, -0.1) is 0 Å². The fourth-order valence-corrected chi connectivity index (χ4v) is 4.13. The van der Waals surface area contributed by atoms with E-state index < -0.39 is 10.0 Å². The molecule has 0 aromatic heterocycles. The van der Waals surface area contributed by atoms with E-state index in [0.717, 1.165) is 19.3 Å². The van der Waals surface area contributed by atoms with Crippen LogP contribution in [0.4, 0.5) is 5.69 Å². The Morgan fingerprint density at radius 2 is 1.56 bits per heavy atom. The number of nitrogens with one attached hydrogen (secondary N) is 1. The molecule has 0 aliphatic heterocycles. The van der Waals surface area contributed by atoms with Crippen LogP contribution in [-0.4, -0.2) is 25.1 Å². The number of rotatable bonds is 11. The molecule has 5 nitrogen and oxygen atoms in total. The molecule has 0 saturated carbocycles. The minimum absolute atomic E-state index is 0.0877. The van der Waals surface area contributed by atoms with Crippen LogP contribution >= 0.6 is 0 Å². The Balaban J connectivity index is 2.09. The zero-order valence-electron chi connectivity index (χ0n) is 15.8. The van der Waals surface area contributed by atoms with Gasteiger partial charge in [-0.25, -0.2) is 8.42 Å². The highest BCUT2D eigenvalue weighted by molar-refractivity contribution is 7.92. The number of anilines is 1. The van der Waals surface area contributed by atoms with Gasteiger partial charge >= 0.3 is 0 Å². The summed E-state index contributed by atoms with van der Waals surface area (Å²) in [5, 5.41) is 12.9. The predicted molar refractivity (Wildman–Crippen MR) is 111 cm³/mol. The van der Waals surface area contributed by atoms with E-state index in [2.05, 4.69) is 16.8 Å². The van der Waals surface area contributed by atoms with Crippen molar-refractivity contribution in [3.05, 3.63) is 65.7 Å². The number of para-hydroxylation sites is 1. The van der Waals surface area contributed by atoms with Crippen molar-refractivity contribution in [3.63, 3.8) is 0 Å². The summed E-state index contributed by atoms with van der Waals surface area (Å²) in [6, 6.07) is 16.1. The molecule has 0 radical (unpaired) electrons. The summed E-state index contributed by atoms with van der Waals surface area (Å²) in [5.74, 6) is 0.0877. The molecule has 0 aliphatic carbocycles. The van der Waals surface area contributed by atoms with E-state index in [-0.39, 0.29) is 5.75 Å². The van der Waals surface area contributed by atoms with Crippen molar-refractivity contribution in [1.29, 1.82) is 0 Å². The molecule has 0 bridgehead atoms. The van der Waals surface area contributed by atoms with Gasteiger partial charge in [-0.1, -0.05) is 92.7 Å². The number of hydrogen-bond donors (Lipinski definition) is 2. The smallest absolute Gasteiger partial charge is 0.232 e. The van der Waals surface area contributed by atoms with E-state index in [0.29, 0.717) is 28.9 Å². The van der Waals surface area contributed by atoms with Crippen molar-refractivity contribution in [2.45, 2.75) is 45.4 Å². The van der Waals surface area contributed by atoms with Gasteiger partial charge in [0.05, 0.1) is 11.4 Å². The van der Waals surface area contributed by atoms with E-state index in [1.807, 2.05) is 30.3 Å². The van der Waals surface area contributed by atoms with E-state index in [4.69, 9.17) is 0 Å². The third-order valence-corrected chi connectivity index (χ3v) is 5.72. The summed E-state index contributed by atoms with van der Waals surface area (Å²) in [5.41, 5.74) is 1.99. The molecule has 2 aromatic carbocycles. The lowest BCUT2D eigenvalue weighted by molar-refractivity contribution is 0.319. The third-order valence-electron chi connectivity index (χ3n) is 4.36. The van der Waals surface area contributed by atoms with Crippen molar-refractivity contribution < 1.29 is 13.6 Å². The lowest BCUT2D eigenvalue weighted by Crippen LogP contribution is -2.19. The van der Waals surface area contributed by atoms with Gasteiger partial charge < -0.3 is 5.21 Å². The fraction of sp³-hybridized carbons (Fsp3) is 0.381. The van der Waals surface area contributed by atoms with Crippen LogP contribution in [0, 0.1) is 0 Å². The zero-order valence-corrected chi connectivity index (χ0v) is 16.6. The molecule has 0 fully saturated rings. The lowest BCUT2D eigenvalue weighted by Gasteiger charge is -2.13. The van der Waals surface area contributed by atoms with Crippen molar-refractivity contribution >= 4 is 21.4 Å². The molecule has 0 amide bonds. The molecule has 2 aromatic rings. The second-order valence-electron chi connectivity index (χ2n) is 6.55. The van der Waals surface area contributed by atoms with Crippen molar-refractivity contribution in [2.75, 3.05) is 10.5 Å². The molecule has 0 heterocycles. The van der Waals surface area contributed by atoms with Crippen molar-refractivity contribution in [1.82, 2.24) is 0 Å². The van der Waals surface area contributed by atoms with E-state index >= 15 is 0 Å². The summed E-state index contributed by atoms with van der Waals surface area (Å²) < 4.78 is 27.6. The highest BCUT2D eigenvalue weighted by Gasteiger charge is 2.16. The SMILES string of the molecule is CCCCCCCCS(=O)(=O)Nc1ccccc1/C(=N\O)c1ccccc1. The first-order chi connectivity index (χ1) is 13.1. The zero-order chi connectivity index (χ0) is 19.5. The van der Waals surface area contributed by atoms with E-state index in [1.165, 1.54) is 12.8 Å². The normalized spacial score (nSPS) is 12.1. The third kappa shape index (κ3) is 6.71. The number of nitrogens with zero attached hydrogens (tertiary/aromatic N) is 1. The molecule has 0 unspecified atom stereocenters. The molecule has 0 saturated heterocycles. The lowest BCUT2D eigenvalue weighted by atomic mass is 10.0. The van der Waals surface area contributed by atoms with Crippen molar-refractivity contribution in [2.24, 2.45) is 5.16 Å². The summed E-state index contributed by atoms with van der Waals surface area (Å²) in [4.78, 5) is 0. The molecular weight excluding hydrogens is 360 g/mol. The Hall–Kier alpha value is -2.34. The van der Waals surface area contributed by atoms with Crippen LogP contribution in [0.5, 0.6) is 0 Å². The summed E-state index contributed by atoms with van der Waals surface area (Å²) in [6.07, 6.45) is 6.14. The molecule has 2 N–H and O–H groups in total. The average molecular weight is 389 g/mol. The second-order valence-corrected chi connectivity index (χ2v) is 8.39. The van der Waals surface area contributed by atoms with Gasteiger partial charge in [0, 0.05) is 11.1 Å². The first-order valence-corrected chi connectivity index (χ1v) is 11.1. The minimum Gasteiger partial charge on any atom is -0.410 e. The van der Waals surface area contributed by atoms with Crippen LogP contribution < -0.4 is 4.72 Å². The Morgan fingerprint density at radius 1 is 0.926 bits per heavy atom. The monoisotopic (exact) mass is 388 g/mol. The largest absolute Gasteiger partial charge is 0.410 e. The quantitative estimate of drug-likeness (QED) is 0.246. The second kappa shape index (κ2) is 10.7. The highest BCUT2D eigenvalue weighted by Crippen LogP contribution is 2.21. The van der Waals surface area contributed by atoms with Gasteiger partial charge in [0.15, 0.2) is 0 Å². The molecule has 146 valence electrons. The van der Waals surface area contributed by atoms with Crippen LogP contribution in [0.3, 0.4) is 0 Å². The molecule has 0 aliphatic rings. The number of benzene rings is 2. The Bertz CT molecular complexity index is 834. The molecule has 2 rings (SSSR count). The maximum atomic E-state index is 12.5. The van der Waals surface area contributed by atoms with Crippen LogP contribution in [0.25, 0.3) is 0 Å². The first-order valence-electron chi connectivity index (χ1n) is 9.44. The molecule has 0 atom stereocenters.